The second kappa shape index (κ2) is 5.41. The number of aldehydes is 1. The zero-order chi connectivity index (χ0) is 18.9. The number of hydrogen-bond donors (Lipinski definition) is 2. The molecule has 1 aliphatic heterocycles. The second-order valence-corrected chi connectivity index (χ2v) is 8.21. The molecule has 3 aliphatic rings. The van der Waals surface area contributed by atoms with Crippen LogP contribution in [0, 0.1) is 0 Å². The highest BCUT2D eigenvalue weighted by Crippen LogP contribution is 2.45. The summed E-state index contributed by atoms with van der Waals surface area (Å²) >= 11 is 0. The van der Waals surface area contributed by atoms with Crippen molar-refractivity contribution in [2.24, 2.45) is 0 Å². The van der Waals surface area contributed by atoms with Crippen LogP contribution in [0.2, 0.25) is 0 Å². The Labute approximate surface area is 162 Å². The molecule has 1 spiro atoms. The van der Waals surface area contributed by atoms with E-state index in [0.717, 1.165) is 77.7 Å². The predicted molar refractivity (Wildman–Crippen MR) is 105 cm³/mol. The van der Waals surface area contributed by atoms with Gasteiger partial charge >= 0.3 is 0 Å². The molecule has 5 nitrogen and oxygen atoms in total. The van der Waals surface area contributed by atoms with Crippen molar-refractivity contribution in [2.45, 2.75) is 37.6 Å². The van der Waals surface area contributed by atoms with E-state index < -0.39 is 0 Å². The maximum atomic E-state index is 12.8. The molecule has 3 aromatic rings. The number of rotatable bonds is 2. The Balaban J connectivity index is 1.49. The van der Waals surface area contributed by atoms with Crippen LogP contribution in [0.15, 0.2) is 36.5 Å². The number of nitrogens with zero attached hydrogens (tertiary/aromatic N) is 1. The molecule has 2 aromatic heterocycles. The average molecular weight is 369 g/mol. The lowest BCUT2D eigenvalue weighted by molar-refractivity contribution is 0.0917. The first-order valence-corrected chi connectivity index (χ1v) is 9.77. The Morgan fingerprint density at radius 3 is 2.86 bits per heavy atom. The largest absolute Gasteiger partial charge is 0.357 e. The number of aromatic amines is 1. The van der Waals surface area contributed by atoms with Crippen LogP contribution in [0.4, 0.5) is 0 Å². The van der Waals surface area contributed by atoms with Gasteiger partial charge in [0.2, 0.25) is 0 Å². The molecule has 1 amide bonds. The first-order valence-electron chi connectivity index (χ1n) is 9.77. The maximum absolute atomic E-state index is 12.8. The number of aromatic nitrogens is 2. The molecule has 5 heteroatoms. The number of hydrogen-bond acceptors (Lipinski definition) is 3. The molecule has 2 N–H and O–H groups in total. The third-order valence-corrected chi connectivity index (χ3v) is 6.37. The zero-order valence-electron chi connectivity index (χ0n) is 15.3. The molecule has 0 unspecified atom stereocenters. The molecule has 0 radical (unpaired) electrons. The van der Waals surface area contributed by atoms with Gasteiger partial charge in [-0.05, 0) is 48.9 Å². The molecular weight excluding hydrogens is 350 g/mol. The predicted octanol–water partition coefficient (Wildman–Crippen LogP) is 3.47. The van der Waals surface area contributed by atoms with Gasteiger partial charge in [-0.2, -0.15) is 0 Å². The Bertz CT molecular complexity index is 1170. The van der Waals surface area contributed by atoms with Crippen LogP contribution >= 0.6 is 0 Å². The van der Waals surface area contributed by atoms with E-state index in [9.17, 15) is 9.59 Å². The van der Waals surface area contributed by atoms with Crippen molar-refractivity contribution >= 4 is 12.2 Å². The first kappa shape index (κ1) is 15.8. The van der Waals surface area contributed by atoms with Gasteiger partial charge in [0.05, 0.1) is 17.0 Å². The quantitative estimate of drug-likeness (QED) is 0.679. The van der Waals surface area contributed by atoms with E-state index in [0.29, 0.717) is 5.56 Å². The minimum atomic E-state index is -0.000958. The van der Waals surface area contributed by atoms with Gasteiger partial charge in [-0.15, -0.1) is 0 Å². The molecule has 1 aromatic carbocycles. The number of nitrogens with one attached hydrogen (secondary N) is 2. The fraction of sp³-hybridized carbons (Fsp3) is 0.261. The normalized spacial score (nSPS) is 18.1. The summed E-state index contributed by atoms with van der Waals surface area (Å²) in [6.45, 7) is 0. The molecule has 6 rings (SSSR count). The number of H-pyrrole nitrogens is 1. The van der Waals surface area contributed by atoms with Crippen molar-refractivity contribution in [1.29, 1.82) is 0 Å². The molecule has 3 heterocycles. The highest BCUT2D eigenvalue weighted by atomic mass is 16.2. The summed E-state index contributed by atoms with van der Waals surface area (Å²) in [5.41, 5.74) is 8.86. The number of aryl methyl sites for hydroxylation is 1. The lowest BCUT2D eigenvalue weighted by Crippen LogP contribution is -2.43. The van der Waals surface area contributed by atoms with Crippen molar-refractivity contribution < 1.29 is 9.59 Å². The van der Waals surface area contributed by atoms with Crippen LogP contribution in [0.1, 0.15) is 50.4 Å². The van der Waals surface area contributed by atoms with Crippen LogP contribution in [-0.2, 0) is 19.3 Å². The Hall–Kier alpha value is -3.21. The third kappa shape index (κ3) is 2.22. The average Bonchev–Trinajstić information content (AvgIpc) is 3.34. The molecule has 1 fully saturated rings. The van der Waals surface area contributed by atoms with Gasteiger partial charge in [0.15, 0.2) is 0 Å². The van der Waals surface area contributed by atoms with Crippen LogP contribution in [0.5, 0.6) is 0 Å². The van der Waals surface area contributed by atoms with Gasteiger partial charge < -0.3 is 10.3 Å². The molecule has 0 saturated heterocycles. The van der Waals surface area contributed by atoms with Gasteiger partial charge in [-0.3, -0.25) is 14.6 Å². The van der Waals surface area contributed by atoms with E-state index in [1.165, 1.54) is 5.56 Å². The van der Waals surface area contributed by atoms with Crippen molar-refractivity contribution in [2.75, 3.05) is 0 Å². The fourth-order valence-corrected chi connectivity index (χ4v) is 4.73. The summed E-state index contributed by atoms with van der Waals surface area (Å²) in [5, 5.41) is 3.23. The van der Waals surface area contributed by atoms with E-state index >= 15 is 0 Å². The number of pyridine rings is 1. The van der Waals surface area contributed by atoms with E-state index in [4.69, 9.17) is 0 Å². The molecule has 0 atom stereocenters. The monoisotopic (exact) mass is 369 g/mol. The summed E-state index contributed by atoms with van der Waals surface area (Å²) in [6.07, 6.45) is 7.56. The lowest BCUT2D eigenvalue weighted by atomic mass is 9.87. The second-order valence-electron chi connectivity index (χ2n) is 8.21. The Morgan fingerprint density at radius 1 is 1.14 bits per heavy atom. The van der Waals surface area contributed by atoms with E-state index in [-0.39, 0.29) is 11.4 Å². The smallest absolute Gasteiger partial charge is 0.253 e. The highest BCUT2D eigenvalue weighted by molar-refractivity contribution is 6.01. The summed E-state index contributed by atoms with van der Waals surface area (Å²) in [7, 11) is 0. The first-order chi connectivity index (χ1) is 13.7. The topological polar surface area (TPSA) is 74.8 Å². The summed E-state index contributed by atoms with van der Waals surface area (Å²) in [4.78, 5) is 32.1. The number of amides is 1. The maximum Gasteiger partial charge on any atom is 0.253 e. The van der Waals surface area contributed by atoms with Crippen LogP contribution in [0.3, 0.4) is 0 Å². The zero-order valence-corrected chi connectivity index (χ0v) is 15.3. The van der Waals surface area contributed by atoms with Crippen LogP contribution in [-0.4, -0.2) is 27.7 Å². The van der Waals surface area contributed by atoms with Gasteiger partial charge in [0.25, 0.3) is 5.91 Å². The summed E-state index contributed by atoms with van der Waals surface area (Å²) in [6, 6.07) is 9.58. The number of carbonyl (C=O) groups is 2. The lowest BCUT2D eigenvalue weighted by Gasteiger charge is -2.24. The Morgan fingerprint density at radius 2 is 2.04 bits per heavy atom. The number of fused-ring (bicyclic) bond motifs is 5. The van der Waals surface area contributed by atoms with Crippen molar-refractivity contribution in [3.8, 4) is 22.5 Å². The molecule has 0 bridgehead atoms. The van der Waals surface area contributed by atoms with Crippen molar-refractivity contribution in [3.05, 3.63) is 64.5 Å². The summed E-state index contributed by atoms with van der Waals surface area (Å²) in [5.74, 6) is 0.0765. The van der Waals surface area contributed by atoms with Crippen LogP contribution < -0.4 is 5.32 Å². The van der Waals surface area contributed by atoms with Gasteiger partial charge in [0, 0.05) is 40.5 Å². The van der Waals surface area contributed by atoms with Gasteiger partial charge in [0.1, 0.15) is 6.29 Å². The van der Waals surface area contributed by atoms with Gasteiger partial charge in [-0.25, -0.2) is 0 Å². The number of carbonyl (C=O) groups excluding carboxylic acids is 2. The fourth-order valence-electron chi connectivity index (χ4n) is 4.73. The number of benzene rings is 1. The Kier molecular flexibility index (Phi) is 3.05. The van der Waals surface area contributed by atoms with E-state index in [1.807, 2.05) is 24.4 Å². The van der Waals surface area contributed by atoms with Gasteiger partial charge in [-0.1, -0.05) is 18.2 Å². The minimum absolute atomic E-state index is 0.000958. The molecular formula is C23H19N3O2. The van der Waals surface area contributed by atoms with Crippen molar-refractivity contribution in [3.63, 3.8) is 0 Å². The van der Waals surface area contributed by atoms with E-state index in [2.05, 4.69) is 21.4 Å². The third-order valence-electron chi connectivity index (χ3n) is 6.37. The minimum Gasteiger partial charge on any atom is -0.357 e. The SMILES string of the molecule is O=Cc1cccc(-c2cc3c(cn2)CCc2c-3[nH]c3c2C(=O)NC2(CC2)C3)c1. The molecule has 2 aliphatic carbocycles. The van der Waals surface area contributed by atoms with Crippen LogP contribution in [0.25, 0.3) is 22.5 Å². The molecule has 138 valence electrons. The standard InChI is InChI=1S/C23H19N3O2/c27-12-13-2-1-3-14(8-13)18-9-17-15(11-24-18)4-5-16-20-19(25-21(16)17)10-23(6-7-23)26-22(20)28/h1-3,8-9,11-12,25H,4-7,10H2,(H,26,28). The highest BCUT2D eigenvalue weighted by Gasteiger charge is 2.49. The van der Waals surface area contributed by atoms with Crippen molar-refractivity contribution in [1.82, 2.24) is 15.3 Å². The molecule has 28 heavy (non-hydrogen) atoms. The summed E-state index contributed by atoms with van der Waals surface area (Å²) < 4.78 is 0. The van der Waals surface area contributed by atoms with E-state index in [1.54, 1.807) is 6.07 Å². The molecule has 1 saturated carbocycles.